The zero-order chi connectivity index (χ0) is 13.5. The van der Waals surface area contributed by atoms with E-state index in [1.165, 1.54) is 58.0 Å². The van der Waals surface area contributed by atoms with Crippen molar-refractivity contribution < 1.29 is 0 Å². The molecule has 0 aromatic heterocycles. The van der Waals surface area contributed by atoms with E-state index in [0.29, 0.717) is 5.54 Å². The van der Waals surface area contributed by atoms with Gasteiger partial charge in [0, 0.05) is 37.3 Å². The van der Waals surface area contributed by atoms with E-state index >= 15 is 0 Å². The molecule has 0 aromatic rings. The Labute approximate surface area is 118 Å². The second-order valence-corrected chi connectivity index (χ2v) is 7.23. The Hall–Kier alpha value is -0.120. The lowest BCUT2D eigenvalue weighted by Gasteiger charge is -2.42. The van der Waals surface area contributed by atoms with Crippen LogP contribution in [0.4, 0.5) is 0 Å². The third-order valence-corrected chi connectivity index (χ3v) is 6.46. The van der Waals surface area contributed by atoms with Crippen LogP contribution in [0.1, 0.15) is 51.9 Å². The quantitative estimate of drug-likeness (QED) is 0.848. The molecule has 3 fully saturated rings. The van der Waals surface area contributed by atoms with Crippen molar-refractivity contribution in [1.29, 1.82) is 0 Å². The summed E-state index contributed by atoms with van der Waals surface area (Å²) in [7, 11) is 2.34. The van der Waals surface area contributed by atoms with Gasteiger partial charge in [-0.2, -0.15) is 0 Å². The van der Waals surface area contributed by atoms with E-state index in [4.69, 9.17) is 5.73 Å². The normalized spacial score (nSPS) is 44.7. The van der Waals surface area contributed by atoms with Gasteiger partial charge >= 0.3 is 0 Å². The molecule has 3 rings (SSSR count). The standard InChI is InChI=1S/C16H31N3/c1-3-13-6-8-16(10-13,12-17)19-9-7-14-4-5-15(11-19)18(14)2/h13-15H,3-12,17H2,1-2H3. The van der Waals surface area contributed by atoms with Gasteiger partial charge in [0.15, 0.2) is 0 Å². The highest BCUT2D eigenvalue weighted by atomic mass is 15.3. The SMILES string of the molecule is CCC1CCC(CN)(N2CCC3CCC(C2)N3C)C1. The second-order valence-electron chi connectivity index (χ2n) is 7.23. The van der Waals surface area contributed by atoms with Crippen LogP contribution < -0.4 is 5.73 Å². The summed E-state index contributed by atoms with van der Waals surface area (Å²) in [5, 5.41) is 0. The van der Waals surface area contributed by atoms with Gasteiger partial charge in [-0.1, -0.05) is 13.3 Å². The molecule has 3 aliphatic rings. The minimum atomic E-state index is 0.339. The zero-order valence-corrected chi connectivity index (χ0v) is 12.8. The molecule has 0 aromatic carbocycles. The van der Waals surface area contributed by atoms with Gasteiger partial charge in [0.2, 0.25) is 0 Å². The second kappa shape index (κ2) is 5.34. The molecule has 2 heterocycles. The lowest BCUT2D eigenvalue weighted by Crippen LogP contribution is -2.54. The van der Waals surface area contributed by atoms with Crippen molar-refractivity contribution >= 4 is 0 Å². The monoisotopic (exact) mass is 265 g/mol. The average Bonchev–Trinajstić information content (AvgIpc) is 2.93. The molecule has 19 heavy (non-hydrogen) atoms. The van der Waals surface area contributed by atoms with E-state index in [2.05, 4.69) is 23.8 Å². The Morgan fingerprint density at radius 2 is 1.95 bits per heavy atom. The summed E-state index contributed by atoms with van der Waals surface area (Å²) in [6.07, 6.45) is 9.59. The number of rotatable bonds is 3. The average molecular weight is 265 g/mol. The Balaban J connectivity index is 1.74. The Morgan fingerprint density at radius 3 is 2.63 bits per heavy atom. The predicted molar refractivity (Wildman–Crippen MR) is 80.2 cm³/mol. The molecular formula is C16H31N3. The van der Waals surface area contributed by atoms with Gasteiger partial charge in [-0.25, -0.2) is 0 Å². The maximum Gasteiger partial charge on any atom is 0.0335 e. The molecule has 2 N–H and O–H groups in total. The maximum absolute atomic E-state index is 6.25. The third kappa shape index (κ3) is 2.34. The number of fused-ring (bicyclic) bond motifs is 2. The van der Waals surface area contributed by atoms with Crippen molar-refractivity contribution in [1.82, 2.24) is 9.80 Å². The van der Waals surface area contributed by atoms with Crippen molar-refractivity contribution in [2.75, 3.05) is 26.7 Å². The topological polar surface area (TPSA) is 32.5 Å². The summed E-state index contributed by atoms with van der Waals surface area (Å²) in [6, 6.07) is 1.63. The molecule has 4 atom stereocenters. The van der Waals surface area contributed by atoms with Crippen molar-refractivity contribution in [3.63, 3.8) is 0 Å². The molecule has 0 radical (unpaired) electrons. The molecular weight excluding hydrogens is 234 g/mol. The number of likely N-dealkylation sites (N-methyl/N-ethyl adjacent to an activating group) is 1. The molecule has 2 saturated heterocycles. The lowest BCUT2D eigenvalue weighted by molar-refractivity contribution is 0.0834. The fraction of sp³-hybridized carbons (Fsp3) is 1.00. The molecule has 2 bridgehead atoms. The summed E-state index contributed by atoms with van der Waals surface area (Å²) in [4.78, 5) is 5.44. The molecule has 2 aliphatic heterocycles. The summed E-state index contributed by atoms with van der Waals surface area (Å²) < 4.78 is 0. The molecule has 3 heteroatoms. The molecule has 0 amide bonds. The van der Waals surface area contributed by atoms with Gasteiger partial charge < -0.3 is 5.73 Å². The predicted octanol–water partition coefficient (Wildman–Crippen LogP) is 2.06. The van der Waals surface area contributed by atoms with E-state index < -0.39 is 0 Å². The van der Waals surface area contributed by atoms with E-state index in [9.17, 15) is 0 Å². The number of likely N-dealkylation sites (tertiary alicyclic amines) is 1. The molecule has 1 saturated carbocycles. The smallest absolute Gasteiger partial charge is 0.0335 e. The fourth-order valence-corrected chi connectivity index (χ4v) is 4.90. The molecule has 110 valence electrons. The molecule has 0 spiro atoms. The fourth-order valence-electron chi connectivity index (χ4n) is 4.90. The number of hydrogen-bond donors (Lipinski definition) is 1. The van der Waals surface area contributed by atoms with Crippen LogP contribution in [0.5, 0.6) is 0 Å². The molecule has 1 aliphatic carbocycles. The van der Waals surface area contributed by atoms with E-state index in [0.717, 1.165) is 24.5 Å². The highest BCUT2D eigenvalue weighted by Crippen LogP contribution is 2.42. The van der Waals surface area contributed by atoms with Gasteiger partial charge in [-0.3, -0.25) is 9.80 Å². The van der Waals surface area contributed by atoms with Crippen LogP contribution in [-0.4, -0.2) is 54.1 Å². The summed E-state index contributed by atoms with van der Waals surface area (Å²) in [5.74, 6) is 0.918. The van der Waals surface area contributed by atoms with E-state index in [1.807, 2.05) is 0 Å². The largest absolute Gasteiger partial charge is 0.329 e. The van der Waals surface area contributed by atoms with Crippen molar-refractivity contribution in [2.45, 2.75) is 69.5 Å². The van der Waals surface area contributed by atoms with E-state index in [1.54, 1.807) is 0 Å². The van der Waals surface area contributed by atoms with Gasteiger partial charge in [0.1, 0.15) is 0 Å². The number of hydrogen-bond acceptors (Lipinski definition) is 3. The van der Waals surface area contributed by atoms with Gasteiger partial charge in [-0.05, 0) is 51.5 Å². The maximum atomic E-state index is 6.25. The summed E-state index contributed by atoms with van der Waals surface area (Å²) in [5.41, 5.74) is 6.58. The minimum absolute atomic E-state index is 0.339. The highest BCUT2D eigenvalue weighted by Gasteiger charge is 2.45. The van der Waals surface area contributed by atoms with Crippen LogP contribution in [0, 0.1) is 5.92 Å². The number of nitrogens with two attached hydrogens (primary N) is 1. The van der Waals surface area contributed by atoms with Gasteiger partial charge in [-0.15, -0.1) is 0 Å². The first-order valence-electron chi connectivity index (χ1n) is 8.35. The number of nitrogens with zero attached hydrogens (tertiary/aromatic N) is 2. The molecule has 3 nitrogen and oxygen atoms in total. The van der Waals surface area contributed by atoms with E-state index in [-0.39, 0.29) is 0 Å². The Kier molecular flexibility index (Phi) is 3.89. The van der Waals surface area contributed by atoms with Gasteiger partial charge in [0.25, 0.3) is 0 Å². The first-order valence-corrected chi connectivity index (χ1v) is 8.35. The minimum Gasteiger partial charge on any atom is -0.329 e. The van der Waals surface area contributed by atoms with Crippen LogP contribution in [-0.2, 0) is 0 Å². The van der Waals surface area contributed by atoms with Gasteiger partial charge in [0.05, 0.1) is 0 Å². The Morgan fingerprint density at radius 1 is 1.16 bits per heavy atom. The third-order valence-electron chi connectivity index (χ3n) is 6.46. The van der Waals surface area contributed by atoms with Crippen LogP contribution in [0.25, 0.3) is 0 Å². The highest BCUT2D eigenvalue weighted by molar-refractivity contribution is 5.02. The first kappa shape index (κ1) is 13.8. The lowest BCUT2D eigenvalue weighted by atomic mass is 9.91. The Bertz CT molecular complexity index is 319. The van der Waals surface area contributed by atoms with Crippen molar-refractivity contribution in [3.05, 3.63) is 0 Å². The van der Waals surface area contributed by atoms with Crippen LogP contribution in [0.15, 0.2) is 0 Å². The first-order chi connectivity index (χ1) is 9.18. The van der Waals surface area contributed by atoms with Crippen LogP contribution in [0.3, 0.4) is 0 Å². The molecule has 4 unspecified atom stereocenters. The zero-order valence-electron chi connectivity index (χ0n) is 12.8. The summed E-state index contributed by atoms with van der Waals surface area (Å²) >= 11 is 0. The van der Waals surface area contributed by atoms with Crippen molar-refractivity contribution in [2.24, 2.45) is 11.7 Å². The summed E-state index contributed by atoms with van der Waals surface area (Å²) in [6.45, 7) is 5.75. The van der Waals surface area contributed by atoms with Crippen molar-refractivity contribution in [3.8, 4) is 0 Å². The van der Waals surface area contributed by atoms with Crippen LogP contribution in [0.2, 0.25) is 0 Å². The van der Waals surface area contributed by atoms with Crippen LogP contribution >= 0.6 is 0 Å².